The molecule has 202 valence electrons. The molecule has 0 bridgehead atoms. The zero-order valence-corrected chi connectivity index (χ0v) is 26.4. The van der Waals surface area contributed by atoms with E-state index in [9.17, 15) is 0 Å². The molecule has 0 unspecified atom stereocenters. The van der Waals surface area contributed by atoms with Gasteiger partial charge in [0.05, 0.1) is 0 Å². The van der Waals surface area contributed by atoms with Crippen LogP contribution < -0.4 is 0 Å². The van der Waals surface area contributed by atoms with Gasteiger partial charge in [-0.2, -0.15) is 50.5 Å². The summed E-state index contributed by atoms with van der Waals surface area (Å²) in [4.78, 5) is 0. The number of rotatable bonds is 19. The lowest BCUT2D eigenvalue weighted by molar-refractivity contribution is 0.534. The summed E-state index contributed by atoms with van der Waals surface area (Å²) in [6.45, 7) is 4.86. The van der Waals surface area contributed by atoms with E-state index in [1.807, 2.05) is 0 Å². The van der Waals surface area contributed by atoms with Crippen LogP contribution in [0.25, 0.3) is 0 Å². The molecule has 0 aliphatic rings. The molecule has 0 nitrogen and oxygen atoms in total. The Morgan fingerprint density at radius 3 is 1.22 bits per heavy atom. The molecule has 0 heterocycles. The fourth-order valence-electron chi connectivity index (χ4n) is 5.36. The third kappa shape index (κ3) is 9.86. The smallest absolute Gasteiger partial charge is 0.0177 e. The average molecular weight is 563 g/mol. The molecule has 4 heteroatoms. The van der Waals surface area contributed by atoms with Gasteiger partial charge in [-0.05, 0) is 140 Å². The van der Waals surface area contributed by atoms with Gasteiger partial charge in [-0.3, -0.25) is 0 Å². The molecule has 0 spiro atoms. The fourth-order valence-corrected chi connectivity index (χ4v) is 6.25. The van der Waals surface area contributed by atoms with E-state index < -0.39 is 0 Å². The van der Waals surface area contributed by atoms with Crippen molar-refractivity contribution in [2.24, 2.45) is 0 Å². The quantitative estimate of drug-likeness (QED) is 0.0951. The van der Waals surface area contributed by atoms with Crippen LogP contribution in [0.5, 0.6) is 0 Å². The predicted octanol–water partition coefficient (Wildman–Crippen LogP) is 9.41. The van der Waals surface area contributed by atoms with Gasteiger partial charge < -0.3 is 0 Å². The van der Waals surface area contributed by atoms with E-state index in [1.165, 1.54) is 73.6 Å². The van der Waals surface area contributed by atoms with E-state index in [0.717, 1.165) is 55.1 Å². The zero-order valence-electron chi connectivity index (χ0n) is 22.8. The molecule has 0 saturated carbocycles. The summed E-state index contributed by atoms with van der Waals surface area (Å²) in [5.41, 5.74) is 9.12. The van der Waals surface area contributed by atoms with Gasteiger partial charge >= 0.3 is 0 Å². The van der Waals surface area contributed by atoms with Gasteiger partial charge in [0.15, 0.2) is 0 Å². The number of unbranched alkanes of at least 4 members (excludes halogenated alkanes) is 4. The summed E-state index contributed by atoms with van der Waals surface area (Å²) in [7, 11) is 0. The second-order valence-electron chi connectivity index (χ2n) is 10.4. The number of benzene rings is 2. The molecular formula is C32H50S4. The lowest BCUT2D eigenvalue weighted by atomic mass is 9.69. The second kappa shape index (κ2) is 18.2. The Balaban J connectivity index is 2.49. The highest BCUT2D eigenvalue weighted by molar-refractivity contribution is 7.80. The average Bonchev–Trinajstić information content (AvgIpc) is 2.89. The number of aryl methyl sites for hydroxylation is 4. The largest absolute Gasteiger partial charge is 0.179 e. The Hall–Kier alpha value is -0.160. The first-order valence-electron chi connectivity index (χ1n) is 14.2. The molecule has 0 atom stereocenters. The first kappa shape index (κ1) is 32.1. The van der Waals surface area contributed by atoms with Gasteiger partial charge in [-0.15, -0.1) is 0 Å². The van der Waals surface area contributed by atoms with Crippen LogP contribution in [0.2, 0.25) is 0 Å². The lowest BCUT2D eigenvalue weighted by Crippen LogP contribution is -2.26. The van der Waals surface area contributed by atoms with E-state index >= 15 is 0 Å². The van der Waals surface area contributed by atoms with E-state index in [4.69, 9.17) is 0 Å². The van der Waals surface area contributed by atoms with Crippen molar-refractivity contribution in [2.45, 2.75) is 103 Å². The fraction of sp³-hybridized carbons (Fsp3) is 0.625. The second-order valence-corrected chi connectivity index (χ2v) is 12.2. The van der Waals surface area contributed by atoms with Gasteiger partial charge in [0.25, 0.3) is 0 Å². The molecule has 0 N–H and O–H groups in total. The number of hydrogen-bond donors (Lipinski definition) is 4. The maximum Gasteiger partial charge on any atom is 0.0177 e. The molecule has 2 aromatic rings. The van der Waals surface area contributed by atoms with Crippen molar-refractivity contribution >= 4 is 50.5 Å². The summed E-state index contributed by atoms with van der Waals surface area (Å²) in [5, 5.41) is 0. The monoisotopic (exact) mass is 562 g/mol. The van der Waals surface area contributed by atoms with E-state index in [1.54, 1.807) is 11.1 Å². The minimum Gasteiger partial charge on any atom is -0.179 e. The minimum absolute atomic E-state index is 0.0137. The molecule has 0 aliphatic heterocycles. The molecule has 2 rings (SSSR count). The van der Waals surface area contributed by atoms with Crippen LogP contribution in [-0.2, 0) is 31.1 Å². The maximum absolute atomic E-state index is 4.48. The summed E-state index contributed by atoms with van der Waals surface area (Å²) in [5.74, 6) is 3.88. The van der Waals surface area contributed by atoms with Crippen molar-refractivity contribution in [1.82, 2.24) is 0 Å². The summed E-state index contributed by atoms with van der Waals surface area (Å²) < 4.78 is 0. The molecule has 2 aromatic carbocycles. The Kier molecular flexibility index (Phi) is 16.2. The van der Waals surface area contributed by atoms with E-state index in [0.29, 0.717) is 0 Å². The lowest BCUT2D eigenvalue weighted by Gasteiger charge is -2.34. The number of hydrogen-bond acceptors (Lipinski definition) is 4. The highest BCUT2D eigenvalue weighted by atomic mass is 32.1. The Labute approximate surface area is 244 Å². The third-order valence-electron chi connectivity index (χ3n) is 7.69. The molecule has 36 heavy (non-hydrogen) atoms. The molecule has 0 saturated heterocycles. The molecule has 0 radical (unpaired) electrons. The molecule has 0 amide bonds. The van der Waals surface area contributed by atoms with Crippen molar-refractivity contribution in [2.75, 3.05) is 23.0 Å². The van der Waals surface area contributed by atoms with Gasteiger partial charge in [0.2, 0.25) is 0 Å². The Morgan fingerprint density at radius 1 is 0.528 bits per heavy atom. The van der Waals surface area contributed by atoms with Crippen molar-refractivity contribution in [1.29, 1.82) is 0 Å². The summed E-state index contributed by atoms with van der Waals surface area (Å²) in [6.07, 6.45) is 15.2. The first-order chi connectivity index (χ1) is 17.5. The van der Waals surface area contributed by atoms with Crippen LogP contribution in [0.3, 0.4) is 0 Å². The molecule has 0 fully saturated rings. The molecule has 0 aromatic heterocycles. The van der Waals surface area contributed by atoms with Crippen molar-refractivity contribution in [3.8, 4) is 0 Å². The molecule has 0 aliphatic carbocycles. The number of thiol groups is 4. The first-order valence-corrected chi connectivity index (χ1v) is 16.7. The zero-order chi connectivity index (χ0) is 26.2. The van der Waals surface area contributed by atoms with Crippen LogP contribution in [0.4, 0.5) is 0 Å². The minimum atomic E-state index is 0.0137. The van der Waals surface area contributed by atoms with E-state index in [2.05, 4.69) is 101 Å². The third-order valence-corrected chi connectivity index (χ3v) is 8.96. The van der Waals surface area contributed by atoms with Crippen LogP contribution in [0.1, 0.15) is 105 Å². The summed E-state index contributed by atoms with van der Waals surface area (Å²) in [6, 6.07) is 14.8. The maximum atomic E-state index is 4.48. The van der Waals surface area contributed by atoms with Crippen LogP contribution in [0, 0.1) is 0 Å². The van der Waals surface area contributed by atoms with Gasteiger partial charge in [0.1, 0.15) is 0 Å². The Bertz CT molecular complexity index is 809. The van der Waals surface area contributed by atoms with Crippen LogP contribution in [0.15, 0.2) is 36.4 Å². The summed E-state index contributed by atoms with van der Waals surface area (Å²) >= 11 is 17.8. The van der Waals surface area contributed by atoms with Gasteiger partial charge in [0, 0.05) is 5.41 Å². The SMILES string of the molecule is CCC(C)(c1ccc(CCCCS)cc1CCCCS)c1ccc(CCCCS)cc1CCCCS. The standard InChI is InChI=1S/C32H50S4/c1-3-32(2,30-18-16-26(12-4-8-20-33)24-28(30)14-6-10-22-35)31-19-17-27(13-5-9-21-34)25-29(31)15-7-11-23-36/h16-19,24-25,33-36H,3-15,20-23H2,1-2H3. The van der Waals surface area contributed by atoms with E-state index in [-0.39, 0.29) is 5.41 Å². The van der Waals surface area contributed by atoms with Crippen LogP contribution >= 0.6 is 50.5 Å². The van der Waals surface area contributed by atoms with Crippen molar-refractivity contribution < 1.29 is 0 Å². The topological polar surface area (TPSA) is 0 Å². The normalized spacial score (nSPS) is 11.8. The Morgan fingerprint density at radius 2 is 0.889 bits per heavy atom. The highest BCUT2D eigenvalue weighted by Gasteiger charge is 2.31. The van der Waals surface area contributed by atoms with Crippen molar-refractivity contribution in [3.63, 3.8) is 0 Å². The van der Waals surface area contributed by atoms with Crippen molar-refractivity contribution in [3.05, 3.63) is 69.8 Å². The van der Waals surface area contributed by atoms with Gasteiger partial charge in [-0.25, -0.2) is 0 Å². The van der Waals surface area contributed by atoms with Gasteiger partial charge in [-0.1, -0.05) is 50.2 Å². The van der Waals surface area contributed by atoms with Crippen LogP contribution in [-0.4, -0.2) is 23.0 Å². The molecular weight excluding hydrogens is 513 g/mol. The predicted molar refractivity (Wildman–Crippen MR) is 177 cm³/mol. The highest BCUT2D eigenvalue weighted by Crippen LogP contribution is 2.40.